The van der Waals surface area contributed by atoms with E-state index in [2.05, 4.69) is 0 Å². The molecule has 3 nitrogen and oxygen atoms in total. The van der Waals surface area contributed by atoms with Crippen molar-refractivity contribution in [3.8, 4) is 0 Å². The van der Waals surface area contributed by atoms with Crippen LogP contribution in [-0.4, -0.2) is 35.3 Å². The second-order valence-corrected chi connectivity index (χ2v) is 6.07. The molecular weight excluding hydrogens is 224 g/mol. The first kappa shape index (κ1) is 12.2. The van der Waals surface area contributed by atoms with E-state index in [1.807, 2.05) is 0 Å². The van der Waals surface area contributed by atoms with E-state index in [0.29, 0.717) is 5.75 Å². The number of esters is 1. The van der Waals surface area contributed by atoms with Crippen LogP contribution in [0, 0.1) is 5.41 Å². The number of carbonyl (C=O) groups excluding carboxylic acids is 1. The molecule has 1 atom stereocenters. The van der Waals surface area contributed by atoms with Crippen LogP contribution in [0.25, 0.3) is 0 Å². The van der Waals surface area contributed by atoms with Gasteiger partial charge in [-0.2, -0.15) is 11.8 Å². The van der Waals surface area contributed by atoms with E-state index in [-0.39, 0.29) is 5.97 Å². The van der Waals surface area contributed by atoms with Gasteiger partial charge in [0.15, 0.2) is 0 Å². The fraction of sp³-hybridized carbons (Fsp3) is 0.917. The maximum absolute atomic E-state index is 12.0. The van der Waals surface area contributed by atoms with Gasteiger partial charge < -0.3 is 9.84 Å². The highest BCUT2D eigenvalue weighted by Crippen LogP contribution is 2.51. The van der Waals surface area contributed by atoms with Gasteiger partial charge in [-0.3, -0.25) is 4.79 Å². The topological polar surface area (TPSA) is 46.5 Å². The molecule has 1 saturated heterocycles. The largest absolute Gasteiger partial charge is 0.469 e. The smallest absolute Gasteiger partial charge is 0.314 e. The Labute approximate surface area is 101 Å². The summed E-state index contributed by atoms with van der Waals surface area (Å²) in [5.41, 5.74) is -1.45. The van der Waals surface area contributed by atoms with Crippen LogP contribution >= 0.6 is 11.8 Å². The molecule has 0 bridgehead atoms. The summed E-state index contributed by atoms with van der Waals surface area (Å²) in [7, 11) is 1.43. The Morgan fingerprint density at radius 3 is 2.44 bits per heavy atom. The summed E-state index contributed by atoms with van der Waals surface area (Å²) in [6.07, 6.45) is 5.38. The van der Waals surface area contributed by atoms with Crippen LogP contribution in [0.4, 0.5) is 0 Å². The standard InChI is InChI=1S/C12H20O3S/c1-15-10(13)11(5-2-3-6-11)12(14)7-4-8-16-9-12/h14H,2-9H2,1H3. The number of methoxy groups -OCH3 is 1. The summed E-state index contributed by atoms with van der Waals surface area (Å²) >= 11 is 1.76. The lowest BCUT2D eigenvalue weighted by Gasteiger charge is -2.44. The second kappa shape index (κ2) is 4.57. The Bertz CT molecular complexity index is 265. The van der Waals surface area contributed by atoms with Crippen molar-refractivity contribution in [2.24, 2.45) is 5.41 Å². The zero-order chi connectivity index (χ0) is 11.6. The molecule has 0 aromatic heterocycles. The highest BCUT2D eigenvalue weighted by atomic mass is 32.2. The van der Waals surface area contributed by atoms with Gasteiger partial charge in [0, 0.05) is 5.75 Å². The second-order valence-electron chi connectivity index (χ2n) is 4.97. The number of hydrogen-bond acceptors (Lipinski definition) is 4. The molecule has 0 amide bonds. The number of rotatable bonds is 2. The van der Waals surface area contributed by atoms with Crippen molar-refractivity contribution in [3.63, 3.8) is 0 Å². The van der Waals surface area contributed by atoms with Gasteiger partial charge in [-0.05, 0) is 31.4 Å². The molecule has 1 unspecified atom stereocenters. The lowest BCUT2D eigenvalue weighted by Crippen LogP contribution is -2.55. The minimum absolute atomic E-state index is 0.199. The highest BCUT2D eigenvalue weighted by molar-refractivity contribution is 7.99. The maximum Gasteiger partial charge on any atom is 0.314 e. The van der Waals surface area contributed by atoms with E-state index in [1.165, 1.54) is 7.11 Å². The van der Waals surface area contributed by atoms with Crippen LogP contribution in [0.5, 0.6) is 0 Å². The van der Waals surface area contributed by atoms with Crippen LogP contribution in [0.1, 0.15) is 38.5 Å². The predicted octanol–water partition coefficient (Wildman–Crippen LogP) is 1.98. The van der Waals surface area contributed by atoms with Crippen molar-refractivity contribution >= 4 is 17.7 Å². The average Bonchev–Trinajstić information content (AvgIpc) is 2.80. The van der Waals surface area contributed by atoms with E-state index in [1.54, 1.807) is 11.8 Å². The van der Waals surface area contributed by atoms with Crippen molar-refractivity contribution < 1.29 is 14.6 Å². The number of aliphatic hydroxyl groups is 1. The first-order valence-electron chi connectivity index (χ1n) is 6.03. The summed E-state index contributed by atoms with van der Waals surface area (Å²) in [6, 6.07) is 0. The third-order valence-corrected chi connectivity index (χ3v) is 5.40. The fourth-order valence-electron chi connectivity index (χ4n) is 3.19. The van der Waals surface area contributed by atoms with Gasteiger partial charge in [0.05, 0.1) is 18.1 Å². The van der Waals surface area contributed by atoms with Gasteiger partial charge in [-0.1, -0.05) is 12.8 Å². The highest BCUT2D eigenvalue weighted by Gasteiger charge is 2.57. The molecule has 1 N–H and O–H groups in total. The first-order valence-corrected chi connectivity index (χ1v) is 7.19. The summed E-state index contributed by atoms with van der Waals surface area (Å²) in [6.45, 7) is 0. The van der Waals surface area contributed by atoms with Crippen molar-refractivity contribution in [2.45, 2.75) is 44.1 Å². The normalized spacial score (nSPS) is 33.6. The zero-order valence-corrected chi connectivity index (χ0v) is 10.6. The van der Waals surface area contributed by atoms with Crippen molar-refractivity contribution in [1.82, 2.24) is 0 Å². The lowest BCUT2D eigenvalue weighted by molar-refractivity contribution is -0.171. The molecular formula is C12H20O3S. The SMILES string of the molecule is COC(=O)C1(C2(O)CCCSC2)CCCC1. The molecule has 1 saturated carbocycles. The van der Waals surface area contributed by atoms with E-state index in [0.717, 1.165) is 44.3 Å². The van der Waals surface area contributed by atoms with Crippen LogP contribution < -0.4 is 0 Å². The summed E-state index contributed by atoms with van der Waals surface area (Å²) < 4.78 is 4.95. The third kappa shape index (κ3) is 1.76. The lowest BCUT2D eigenvalue weighted by atomic mass is 9.69. The number of thioether (sulfide) groups is 1. The van der Waals surface area contributed by atoms with Crippen LogP contribution in [-0.2, 0) is 9.53 Å². The fourth-order valence-corrected chi connectivity index (χ4v) is 4.44. The average molecular weight is 244 g/mol. The molecule has 1 heterocycles. The molecule has 1 aliphatic heterocycles. The van der Waals surface area contributed by atoms with Gasteiger partial charge in [0.1, 0.15) is 0 Å². The summed E-state index contributed by atoms with van der Waals surface area (Å²) in [5.74, 6) is 1.58. The van der Waals surface area contributed by atoms with Gasteiger partial charge in [0.25, 0.3) is 0 Å². The van der Waals surface area contributed by atoms with Crippen LogP contribution in [0.3, 0.4) is 0 Å². The minimum Gasteiger partial charge on any atom is -0.469 e. The number of carbonyl (C=O) groups is 1. The monoisotopic (exact) mass is 244 g/mol. The molecule has 0 aromatic carbocycles. The molecule has 92 valence electrons. The Balaban J connectivity index is 2.27. The molecule has 16 heavy (non-hydrogen) atoms. The van der Waals surface area contributed by atoms with Crippen LogP contribution in [0.2, 0.25) is 0 Å². The minimum atomic E-state index is -0.834. The van der Waals surface area contributed by atoms with E-state index in [4.69, 9.17) is 4.74 Å². The Hall–Kier alpha value is -0.220. The number of ether oxygens (including phenoxy) is 1. The molecule has 0 radical (unpaired) electrons. The van der Waals surface area contributed by atoms with Gasteiger partial charge in [-0.15, -0.1) is 0 Å². The first-order chi connectivity index (χ1) is 7.65. The Morgan fingerprint density at radius 1 is 1.25 bits per heavy atom. The van der Waals surface area contributed by atoms with E-state index in [9.17, 15) is 9.90 Å². The molecule has 0 aromatic rings. The molecule has 2 rings (SSSR count). The summed E-state index contributed by atoms with van der Waals surface area (Å²) in [4.78, 5) is 12.0. The van der Waals surface area contributed by atoms with Crippen molar-refractivity contribution in [1.29, 1.82) is 0 Å². The molecule has 0 spiro atoms. The maximum atomic E-state index is 12.0. The van der Waals surface area contributed by atoms with Gasteiger partial charge in [0.2, 0.25) is 0 Å². The van der Waals surface area contributed by atoms with Crippen molar-refractivity contribution in [2.75, 3.05) is 18.6 Å². The molecule has 2 fully saturated rings. The Morgan fingerprint density at radius 2 is 1.94 bits per heavy atom. The third-order valence-electron chi connectivity index (χ3n) is 4.14. The molecule has 1 aliphatic carbocycles. The molecule has 4 heteroatoms. The van der Waals surface area contributed by atoms with Gasteiger partial charge >= 0.3 is 5.97 Å². The summed E-state index contributed by atoms with van der Waals surface area (Å²) in [5, 5.41) is 10.8. The Kier molecular flexibility index (Phi) is 3.50. The van der Waals surface area contributed by atoms with Crippen molar-refractivity contribution in [3.05, 3.63) is 0 Å². The van der Waals surface area contributed by atoms with Crippen LogP contribution in [0.15, 0.2) is 0 Å². The van der Waals surface area contributed by atoms with Gasteiger partial charge in [-0.25, -0.2) is 0 Å². The van der Waals surface area contributed by atoms with E-state index < -0.39 is 11.0 Å². The zero-order valence-electron chi connectivity index (χ0n) is 9.83. The quantitative estimate of drug-likeness (QED) is 0.755. The number of hydrogen-bond donors (Lipinski definition) is 1. The predicted molar refractivity (Wildman–Crippen MR) is 64.4 cm³/mol. The molecule has 2 aliphatic rings. The van der Waals surface area contributed by atoms with E-state index >= 15 is 0 Å².